The fourth-order valence-corrected chi connectivity index (χ4v) is 2.04. The minimum atomic E-state index is -0.0475. The third kappa shape index (κ3) is 3.52. The minimum absolute atomic E-state index is 0.0475. The fourth-order valence-electron chi connectivity index (χ4n) is 1.83. The molecule has 0 saturated carbocycles. The Kier molecular flexibility index (Phi) is 4.64. The predicted octanol–water partition coefficient (Wildman–Crippen LogP) is 4.13. The summed E-state index contributed by atoms with van der Waals surface area (Å²) in [5.74, 6) is 1.11. The van der Waals surface area contributed by atoms with Crippen molar-refractivity contribution in [2.45, 2.75) is 13.5 Å². The van der Waals surface area contributed by atoms with Crippen LogP contribution in [0.5, 0.6) is 11.5 Å². The average Bonchev–Trinajstić information content (AvgIpc) is 2.44. The summed E-state index contributed by atoms with van der Waals surface area (Å²) in [7, 11) is 1.57. The normalized spacial score (nSPS) is 10.2. The molecule has 0 N–H and O–H groups in total. The van der Waals surface area contributed by atoms with E-state index in [1.54, 1.807) is 31.4 Å². The number of halogens is 1. The molecule has 0 aliphatic carbocycles. The first-order chi connectivity index (χ1) is 9.60. The Balaban J connectivity index is 2.21. The molecule has 0 aliphatic heterocycles. The van der Waals surface area contributed by atoms with E-state index in [-0.39, 0.29) is 5.78 Å². The van der Waals surface area contributed by atoms with Crippen LogP contribution < -0.4 is 9.47 Å². The zero-order chi connectivity index (χ0) is 14.5. The highest BCUT2D eigenvalue weighted by Crippen LogP contribution is 2.26. The van der Waals surface area contributed by atoms with Crippen LogP contribution in [0.25, 0.3) is 0 Å². The van der Waals surface area contributed by atoms with Crippen molar-refractivity contribution < 1.29 is 14.3 Å². The van der Waals surface area contributed by atoms with Gasteiger partial charge >= 0.3 is 0 Å². The monoisotopic (exact) mass is 290 g/mol. The molecule has 0 saturated heterocycles. The molecule has 0 aliphatic rings. The lowest BCUT2D eigenvalue weighted by atomic mass is 10.1. The molecule has 0 aromatic heterocycles. The molecule has 0 spiro atoms. The molecule has 3 nitrogen and oxygen atoms in total. The lowest BCUT2D eigenvalue weighted by molar-refractivity contribution is 0.101. The van der Waals surface area contributed by atoms with Gasteiger partial charge in [0.2, 0.25) is 0 Å². The third-order valence-corrected chi connectivity index (χ3v) is 3.09. The summed E-state index contributed by atoms with van der Waals surface area (Å²) in [5, 5.41) is 0.656. The number of carbonyl (C=O) groups excluding carboxylic acids is 1. The van der Waals surface area contributed by atoms with E-state index in [1.165, 1.54) is 6.92 Å². The molecule has 2 rings (SSSR count). The van der Waals surface area contributed by atoms with Gasteiger partial charge in [-0.1, -0.05) is 23.7 Å². The zero-order valence-corrected chi connectivity index (χ0v) is 12.1. The molecule has 104 valence electrons. The zero-order valence-electron chi connectivity index (χ0n) is 11.4. The fraction of sp³-hybridized carbons (Fsp3) is 0.188. The molecular weight excluding hydrogens is 276 g/mol. The van der Waals surface area contributed by atoms with Gasteiger partial charge in [-0.2, -0.15) is 0 Å². The first-order valence-electron chi connectivity index (χ1n) is 6.16. The highest BCUT2D eigenvalue weighted by Gasteiger charge is 2.10. The number of Topliss-reactive ketones (excluding diaryl/α,β-unsaturated/α-hetero) is 1. The topological polar surface area (TPSA) is 35.5 Å². The summed E-state index contributed by atoms with van der Waals surface area (Å²) in [4.78, 5) is 11.6. The summed E-state index contributed by atoms with van der Waals surface area (Å²) in [6.07, 6.45) is 0. The van der Waals surface area contributed by atoms with E-state index in [2.05, 4.69) is 0 Å². The molecule has 0 bridgehead atoms. The minimum Gasteiger partial charge on any atom is -0.497 e. The summed E-state index contributed by atoms with van der Waals surface area (Å²) >= 11 is 5.93. The molecule has 0 amide bonds. The van der Waals surface area contributed by atoms with E-state index < -0.39 is 0 Å². The van der Waals surface area contributed by atoms with E-state index >= 15 is 0 Å². The lowest BCUT2D eigenvalue weighted by Crippen LogP contribution is -2.02. The highest BCUT2D eigenvalue weighted by atomic mass is 35.5. The first kappa shape index (κ1) is 14.4. The van der Waals surface area contributed by atoms with Crippen LogP contribution in [0.15, 0.2) is 42.5 Å². The molecule has 2 aromatic carbocycles. The standard InChI is InChI=1S/C16H15ClO3/c1-11(18)15-7-6-14(19-2)9-16(15)20-10-12-4-3-5-13(17)8-12/h3-9H,10H2,1-2H3. The van der Waals surface area contributed by atoms with Gasteiger partial charge < -0.3 is 9.47 Å². The van der Waals surface area contributed by atoms with E-state index in [0.29, 0.717) is 28.7 Å². The van der Waals surface area contributed by atoms with Gasteiger partial charge in [-0.25, -0.2) is 0 Å². The van der Waals surface area contributed by atoms with E-state index in [1.807, 2.05) is 18.2 Å². The Labute approximate surface area is 123 Å². The average molecular weight is 291 g/mol. The number of hydrogen-bond acceptors (Lipinski definition) is 3. The van der Waals surface area contributed by atoms with Gasteiger partial charge in [0.05, 0.1) is 12.7 Å². The second kappa shape index (κ2) is 6.44. The maximum Gasteiger partial charge on any atom is 0.163 e. The van der Waals surface area contributed by atoms with Crippen molar-refractivity contribution in [2.75, 3.05) is 7.11 Å². The molecule has 0 radical (unpaired) electrons. The Morgan fingerprint density at radius 2 is 2.00 bits per heavy atom. The largest absolute Gasteiger partial charge is 0.497 e. The maximum atomic E-state index is 11.6. The van der Waals surface area contributed by atoms with Gasteiger partial charge in [0.15, 0.2) is 5.78 Å². The van der Waals surface area contributed by atoms with Crippen LogP contribution in [0.1, 0.15) is 22.8 Å². The molecule has 0 heterocycles. The molecule has 2 aromatic rings. The van der Waals surface area contributed by atoms with Crippen LogP contribution in [0.3, 0.4) is 0 Å². The Morgan fingerprint density at radius 3 is 2.65 bits per heavy atom. The quantitative estimate of drug-likeness (QED) is 0.777. The van der Waals surface area contributed by atoms with Crippen molar-refractivity contribution in [3.05, 3.63) is 58.6 Å². The van der Waals surface area contributed by atoms with Gasteiger partial charge in [-0.3, -0.25) is 4.79 Å². The van der Waals surface area contributed by atoms with Gasteiger partial charge in [0.25, 0.3) is 0 Å². The number of rotatable bonds is 5. The SMILES string of the molecule is COc1ccc(C(C)=O)c(OCc2cccc(Cl)c2)c1. The third-order valence-electron chi connectivity index (χ3n) is 2.85. The maximum absolute atomic E-state index is 11.6. The summed E-state index contributed by atoms with van der Waals surface area (Å²) in [5.41, 5.74) is 1.47. The van der Waals surface area contributed by atoms with Crippen LogP contribution >= 0.6 is 11.6 Å². The number of carbonyl (C=O) groups is 1. The second-order valence-corrected chi connectivity index (χ2v) is 4.77. The van der Waals surface area contributed by atoms with Gasteiger partial charge in [-0.05, 0) is 36.8 Å². The number of ether oxygens (including phenoxy) is 2. The number of methoxy groups -OCH3 is 1. The summed E-state index contributed by atoms with van der Waals surface area (Å²) < 4.78 is 10.9. The van der Waals surface area contributed by atoms with Crippen molar-refractivity contribution in [3.63, 3.8) is 0 Å². The molecule has 0 fully saturated rings. The Hall–Kier alpha value is -2.00. The smallest absolute Gasteiger partial charge is 0.163 e. The van der Waals surface area contributed by atoms with E-state index in [9.17, 15) is 4.79 Å². The number of hydrogen-bond donors (Lipinski definition) is 0. The molecule has 0 unspecified atom stereocenters. The predicted molar refractivity (Wildman–Crippen MR) is 78.8 cm³/mol. The van der Waals surface area contributed by atoms with Crippen LogP contribution in [0.4, 0.5) is 0 Å². The van der Waals surface area contributed by atoms with Gasteiger partial charge in [-0.15, -0.1) is 0 Å². The van der Waals surface area contributed by atoms with E-state index in [4.69, 9.17) is 21.1 Å². The highest BCUT2D eigenvalue weighted by molar-refractivity contribution is 6.30. The van der Waals surface area contributed by atoms with Crippen LogP contribution in [0, 0.1) is 0 Å². The molecule has 0 atom stereocenters. The Bertz CT molecular complexity index is 623. The van der Waals surface area contributed by atoms with Crippen molar-refractivity contribution in [3.8, 4) is 11.5 Å². The molecule has 20 heavy (non-hydrogen) atoms. The van der Waals surface area contributed by atoms with Crippen molar-refractivity contribution in [1.82, 2.24) is 0 Å². The van der Waals surface area contributed by atoms with Gasteiger partial charge in [0, 0.05) is 11.1 Å². The lowest BCUT2D eigenvalue weighted by Gasteiger charge is -2.11. The number of ketones is 1. The molecular formula is C16H15ClO3. The summed E-state index contributed by atoms with van der Waals surface area (Å²) in [6.45, 7) is 1.85. The van der Waals surface area contributed by atoms with Crippen LogP contribution in [-0.4, -0.2) is 12.9 Å². The van der Waals surface area contributed by atoms with Crippen molar-refractivity contribution in [2.24, 2.45) is 0 Å². The summed E-state index contributed by atoms with van der Waals surface area (Å²) in [6, 6.07) is 12.6. The number of benzene rings is 2. The van der Waals surface area contributed by atoms with Gasteiger partial charge in [0.1, 0.15) is 18.1 Å². The van der Waals surface area contributed by atoms with Crippen molar-refractivity contribution >= 4 is 17.4 Å². The van der Waals surface area contributed by atoms with Crippen molar-refractivity contribution in [1.29, 1.82) is 0 Å². The Morgan fingerprint density at radius 1 is 1.20 bits per heavy atom. The van der Waals surface area contributed by atoms with Crippen LogP contribution in [0.2, 0.25) is 5.02 Å². The first-order valence-corrected chi connectivity index (χ1v) is 6.54. The molecule has 4 heteroatoms. The second-order valence-electron chi connectivity index (χ2n) is 4.34. The van der Waals surface area contributed by atoms with Crippen LogP contribution in [-0.2, 0) is 6.61 Å². The van der Waals surface area contributed by atoms with E-state index in [0.717, 1.165) is 5.56 Å².